The molecule has 0 unspecified atom stereocenters. The van der Waals surface area contributed by atoms with Crippen molar-refractivity contribution in [1.29, 1.82) is 0 Å². The zero-order valence-electron chi connectivity index (χ0n) is 6.12. The number of carbonyl (C=O) groups is 2. The SMILES string of the molecule is COC(=O)[C@@H]1SCCNC1=O. The minimum Gasteiger partial charge on any atom is -0.468 e. The number of methoxy groups -OCH3 is 1. The Bertz CT molecular complexity index is 175. The molecule has 62 valence electrons. The van der Waals surface area contributed by atoms with Crippen LogP contribution in [0.4, 0.5) is 0 Å². The van der Waals surface area contributed by atoms with E-state index in [1.807, 2.05) is 0 Å². The summed E-state index contributed by atoms with van der Waals surface area (Å²) in [6, 6.07) is 0. The summed E-state index contributed by atoms with van der Waals surface area (Å²) in [5.74, 6) is 0.0613. The second-order valence-electron chi connectivity index (χ2n) is 2.07. The van der Waals surface area contributed by atoms with E-state index in [0.717, 1.165) is 5.75 Å². The lowest BCUT2D eigenvalue weighted by Crippen LogP contribution is -2.43. The third-order valence-corrected chi connectivity index (χ3v) is 2.52. The van der Waals surface area contributed by atoms with Crippen LogP contribution in [-0.2, 0) is 14.3 Å². The van der Waals surface area contributed by atoms with E-state index in [1.54, 1.807) is 0 Å². The van der Waals surface area contributed by atoms with Gasteiger partial charge in [0.25, 0.3) is 0 Å². The summed E-state index contributed by atoms with van der Waals surface area (Å²) in [4.78, 5) is 21.8. The topological polar surface area (TPSA) is 55.4 Å². The molecule has 0 aliphatic carbocycles. The van der Waals surface area contributed by atoms with Crippen molar-refractivity contribution >= 4 is 23.6 Å². The van der Waals surface area contributed by atoms with Crippen molar-refractivity contribution in [1.82, 2.24) is 5.32 Å². The molecule has 0 saturated carbocycles. The highest BCUT2D eigenvalue weighted by Crippen LogP contribution is 2.15. The Morgan fingerprint density at radius 2 is 2.55 bits per heavy atom. The van der Waals surface area contributed by atoms with Crippen LogP contribution in [0.3, 0.4) is 0 Å². The number of ether oxygens (including phenoxy) is 1. The zero-order chi connectivity index (χ0) is 8.27. The van der Waals surface area contributed by atoms with Gasteiger partial charge in [-0.3, -0.25) is 9.59 Å². The van der Waals surface area contributed by atoms with Gasteiger partial charge in [-0.15, -0.1) is 11.8 Å². The van der Waals surface area contributed by atoms with E-state index in [1.165, 1.54) is 18.9 Å². The van der Waals surface area contributed by atoms with Crippen LogP contribution in [0.5, 0.6) is 0 Å². The highest BCUT2D eigenvalue weighted by molar-refractivity contribution is 8.01. The molecular formula is C6H9NO3S. The number of hydrogen-bond acceptors (Lipinski definition) is 4. The molecule has 0 aromatic carbocycles. The molecule has 0 aromatic heterocycles. The average Bonchev–Trinajstić information content (AvgIpc) is 2.04. The Kier molecular flexibility index (Phi) is 2.76. The molecule has 4 nitrogen and oxygen atoms in total. The molecule has 0 radical (unpaired) electrons. The summed E-state index contributed by atoms with van der Waals surface area (Å²) in [5, 5.41) is 1.93. The molecule has 1 fully saturated rings. The van der Waals surface area contributed by atoms with Gasteiger partial charge in [0.15, 0.2) is 5.25 Å². The molecule has 1 heterocycles. The van der Waals surface area contributed by atoms with Crippen LogP contribution in [0.25, 0.3) is 0 Å². The first-order valence-corrected chi connectivity index (χ1v) is 4.27. The largest absolute Gasteiger partial charge is 0.468 e. The highest BCUT2D eigenvalue weighted by Gasteiger charge is 2.30. The predicted molar refractivity (Wildman–Crippen MR) is 41.3 cm³/mol. The van der Waals surface area contributed by atoms with Crippen LogP contribution in [-0.4, -0.2) is 36.5 Å². The summed E-state index contributed by atoms with van der Waals surface area (Å²) >= 11 is 1.32. The molecule has 1 rings (SSSR count). The van der Waals surface area contributed by atoms with E-state index < -0.39 is 11.2 Å². The molecular weight excluding hydrogens is 166 g/mol. The third-order valence-electron chi connectivity index (χ3n) is 1.34. The number of amides is 1. The second-order valence-corrected chi connectivity index (χ2v) is 3.28. The van der Waals surface area contributed by atoms with E-state index in [4.69, 9.17) is 0 Å². The van der Waals surface area contributed by atoms with Crippen LogP contribution in [0.15, 0.2) is 0 Å². The molecule has 0 bridgehead atoms. The van der Waals surface area contributed by atoms with Crippen LogP contribution >= 0.6 is 11.8 Å². The van der Waals surface area contributed by atoms with E-state index in [0.29, 0.717) is 6.54 Å². The van der Waals surface area contributed by atoms with Crippen molar-refractivity contribution in [2.24, 2.45) is 0 Å². The van der Waals surface area contributed by atoms with E-state index in [9.17, 15) is 9.59 Å². The van der Waals surface area contributed by atoms with Crippen molar-refractivity contribution in [2.45, 2.75) is 5.25 Å². The Hall–Kier alpha value is -0.710. The lowest BCUT2D eigenvalue weighted by molar-refractivity contribution is -0.143. The molecule has 1 N–H and O–H groups in total. The average molecular weight is 175 g/mol. The van der Waals surface area contributed by atoms with Crippen molar-refractivity contribution < 1.29 is 14.3 Å². The zero-order valence-corrected chi connectivity index (χ0v) is 6.94. The second kappa shape index (κ2) is 3.61. The monoisotopic (exact) mass is 175 g/mol. The summed E-state index contributed by atoms with van der Waals surface area (Å²) < 4.78 is 4.44. The number of rotatable bonds is 1. The standard InChI is InChI=1S/C6H9NO3S/c1-10-6(9)4-5(8)7-2-3-11-4/h4H,2-3H2,1H3,(H,7,8)/t4-/m1/s1. The first-order chi connectivity index (χ1) is 5.25. The number of hydrogen-bond donors (Lipinski definition) is 1. The predicted octanol–water partition coefficient (Wildman–Crippen LogP) is -0.609. The van der Waals surface area contributed by atoms with Crippen molar-refractivity contribution in [3.8, 4) is 0 Å². The molecule has 1 saturated heterocycles. The molecule has 0 aromatic rings. The fraction of sp³-hybridized carbons (Fsp3) is 0.667. The van der Waals surface area contributed by atoms with Crippen molar-refractivity contribution in [3.05, 3.63) is 0 Å². The van der Waals surface area contributed by atoms with E-state index in [2.05, 4.69) is 10.1 Å². The van der Waals surface area contributed by atoms with Crippen LogP contribution < -0.4 is 5.32 Å². The summed E-state index contributed by atoms with van der Waals surface area (Å²) in [7, 11) is 1.28. The number of nitrogens with one attached hydrogen (secondary N) is 1. The van der Waals surface area contributed by atoms with Gasteiger partial charge >= 0.3 is 5.97 Å². The maximum absolute atomic E-state index is 11.0. The maximum Gasteiger partial charge on any atom is 0.328 e. The van der Waals surface area contributed by atoms with Gasteiger partial charge in [-0.25, -0.2) is 0 Å². The minimum atomic E-state index is -0.659. The van der Waals surface area contributed by atoms with Gasteiger partial charge in [0.2, 0.25) is 5.91 Å². The van der Waals surface area contributed by atoms with Gasteiger partial charge in [-0.2, -0.15) is 0 Å². The number of carbonyl (C=O) groups excluding carboxylic acids is 2. The van der Waals surface area contributed by atoms with Gasteiger partial charge < -0.3 is 10.1 Å². The van der Waals surface area contributed by atoms with Crippen LogP contribution in [0.1, 0.15) is 0 Å². The normalized spacial score (nSPS) is 24.1. The molecule has 0 spiro atoms. The summed E-state index contributed by atoms with van der Waals surface area (Å²) in [6.45, 7) is 0.636. The van der Waals surface area contributed by atoms with Gasteiger partial charge in [-0.1, -0.05) is 0 Å². The van der Waals surface area contributed by atoms with E-state index >= 15 is 0 Å². The third kappa shape index (κ3) is 1.86. The Morgan fingerprint density at radius 1 is 1.82 bits per heavy atom. The van der Waals surface area contributed by atoms with Gasteiger partial charge in [-0.05, 0) is 0 Å². The first-order valence-electron chi connectivity index (χ1n) is 3.23. The summed E-state index contributed by atoms with van der Waals surface area (Å²) in [6.07, 6.45) is 0. The smallest absolute Gasteiger partial charge is 0.328 e. The maximum atomic E-state index is 11.0. The van der Waals surface area contributed by atoms with E-state index in [-0.39, 0.29) is 5.91 Å². The Labute approximate surface area is 68.7 Å². The Balaban J connectivity index is 2.54. The van der Waals surface area contributed by atoms with Gasteiger partial charge in [0, 0.05) is 12.3 Å². The van der Waals surface area contributed by atoms with Crippen LogP contribution in [0.2, 0.25) is 0 Å². The molecule has 11 heavy (non-hydrogen) atoms. The molecule has 1 amide bonds. The van der Waals surface area contributed by atoms with Gasteiger partial charge in [0.1, 0.15) is 0 Å². The molecule has 1 aliphatic heterocycles. The van der Waals surface area contributed by atoms with Crippen LogP contribution in [0, 0.1) is 0 Å². The number of esters is 1. The fourth-order valence-electron chi connectivity index (χ4n) is 0.802. The quantitative estimate of drug-likeness (QED) is 0.427. The lowest BCUT2D eigenvalue weighted by Gasteiger charge is -2.18. The minimum absolute atomic E-state index is 0.242. The van der Waals surface area contributed by atoms with Gasteiger partial charge in [0.05, 0.1) is 7.11 Å². The van der Waals surface area contributed by atoms with Crippen molar-refractivity contribution in [2.75, 3.05) is 19.4 Å². The fourth-order valence-corrected chi connectivity index (χ4v) is 1.72. The summed E-state index contributed by atoms with van der Waals surface area (Å²) in [5.41, 5.74) is 0. The molecule has 1 aliphatic rings. The highest BCUT2D eigenvalue weighted by atomic mass is 32.2. The lowest BCUT2D eigenvalue weighted by atomic mass is 10.4. The van der Waals surface area contributed by atoms with Crippen molar-refractivity contribution in [3.63, 3.8) is 0 Å². The first kappa shape index (κ1) is 8.39. The molecule has 5 heteroatoms. The molecule has 1 atom stereocenters. The Morgan fingerprint density at radius 3 is 3.09 bits per heavy atom. The number of thioether (sulfide) groups is 1.